The molecular formula is C17H21FN2O. The van der Waals surface area contributed by atoms with E-state index in [-0.39, 0.29) is 5.82 Å². The van der Waals surface area contributed by atoms with E-state index >= 15 is 0 Å². The van der Waals surface area contributed by atoms with E-state index in [0.717, 1.165) is 35.4 Å². The molecule has 0 atom stereocenters. The maximum atomic E-state index is 13.4. The molecular weight excluding hydrogens is 267 g/mol. The lowest BCUT2D eigenvalue weighted by Gasteiger charge is -2.12. The van der Waals surface area contributed by atoms with Crippen LogP contribution in [0.2, 0.25) is 0 Å². The Bertz CT molecular complexity index is 593. The van der Waals surface area contributed by atoms with Crippen LogP contribution in [-0.2, 0) is 6.54 Å². The van der Waals surface area contributed by atoms with Crippen molar-refractivity contribution >= 4 is 0 Å². The summed E-state index contributed by atoms with van der Waals surface area (Å²) in [5, 5.41) is 3.24. The van der Waals surface area contributed by atoms with Gasteiger partial charge in [0.15, 0.2) is 0 Å². The minimum atomic E-state index is -0.351. The lowest BCUT2D eigenvalue weighted by atomic mass is 10.1. The van der Waals surface area contributed by atoms with E-state index in [1.54, 1.807) is 0 Å². The van der Waals surface area contributed by atoms with Crippen molar-refractivity contribution in [3.8, 4) is 11.6 Å². The average molecular weight is 288 g/mol. The summed E-state index contributed by atoms with van der Waals surface area (Å²) < 4.78 is 19.2. The molecule has 2 rings (SSSR count). The first-order chi connectivity index (χ1) is 10.1. The standard InChI is InChI=1S/C17H21FN2O/c1-4-5-19-10-14-9-15(18)11-20-17(14)21-16-7-12(2)6-13(3)8-16/h6-9,11,19H,4-5,10H2,1-3H3. The van der Waals surface area contributed by atoms with Gasteiger partial charge < -0.3 is 10.1 Å². The number of ether oxygens (including phenoxy) is 1. The van der Waals surface area contributed by atoms with E-state index < -0.39 is 0 Å². The van der Waals surface area contributed by atoms with Crippen LogP contribution in [-0.4, -0.2) is 11.5 Å². The minimum absolute atomic E-state index is 0.351. The molecule has 0 aliphatic heterocycles. The van der Waals surface area contributed by atoms with E-state index in [2.05, 4.69) is 23.3 Å². The van der Waals surface area contributed by atoms with E-state index in [1.807, 2.05) is 26.0 Å². The summed E-state index contributed by atoms with van der Waals surface area (Å²) >= 11 is 0. The lowest BCUT2D eigenvalue weighted by molar-refractivity contribution is 0.448. The Balaban J connectivity index is 2.21. The van der Waals surface area contributed by atoms with Crippen LogP contribution in [0.25, 0.3) is 0 Å². The average Bonchev–Trinajstić information content (AvgIpc) is 2.41. The van der Waals surface area contributed by atoms with Crippen molar-refractivity contribution in [2.24, 2.45) is 0 Å². The monoisotopic (exact) mass is 288 g/mol. The van der Waals surface area contributed by atoms with Crippen molar-refractivity contribution in [3.63, 3.8) is 0 Å². The van der Waals surface area contributed by atoms with Crippen molar-refractivity contribution < 1.29 is 9.13 Å². The van der Waals surface area contributed by atoms with E-state index in [0.29, 0.717) is 12.4 Å². The van der Waals surface area contributed by atoms with Gasteiger partial charge in [-0.1, -0.05) is 13.0 Å². The molecule has 1 N–H and O–H groups in total. The fourth-order valence-electron chi connectivity index (χ4n) is 2.19. The Hall–Kier alpha value is -1.94. The van der Waals surface area contributed by atoms with Gasteiger partial charge in [-0.15, -0.1) is 0 Å². The molecule has 1 heterocycles. The maximum absolute atomic E-state index is 13.4. The zero-order chi connectivity index (χ0) is 15.2. The Morgan fingerprint density at radius 1 is 1.14 bits per heavy atom. The van der Waals surface area contributed by atoms with E-state index in [1.165, 1.54) is 12.3 Å². The molecule has 4 heteroatoms. The molecule has 0 bridgehead atoms. The molecule has 1 aromatic heterocycles. The van der Waals surface area contributed by atoms with Crippen LogP contribution in [0, 0.1) is 19.7 Å². The number of nitrogens with one attached hydrogen (secondary N) is 1. The van der Waals surface area contributed by atoms with Gasteiger partial charge in [0.05, 0.1) is 6.20 Å². The summed E-state index contributed by atoms with van der Waals surface area (Å²) in [4.78, 5) is 4.07. The smallest absolute Gasteiger partial charge is 0.223 e. The summed E-state index contributed by atoms with van der Waals surface area (Å²) in [7, 11) is 0. The summed E-state index contributed by atoms with van der Waals surface area (Å²) in [6, 6.07) is 7.44. The molecule has 3 nitrogen and oxygen atoms in total. The second-order valence-corrected chi connectivity index (χ2v) is 5.22. The summed E-state index contributed by atoms with van der Waals surface area (Å²) in [5.41, 5.74) is 2.97. The predicted octanol–water partition coefficient (Wildman–Crippen LogP) is 4.13. The fourth-order valence-corrected chi connectivity index (χ4v) is 2.19. The molecule has 0 amide bonds. The van der Waals surface area contributed by atoms with Gasteiger partial charge in [-0.2, -0.15) is 0 Å². The Morgan fingerprint density at radius 3 is 2.52 bits per heavy atom. The highest BCUT2D eigenvalue weighted by molar-refractivity contribution is 5.37. The molecule has 1 aromatic carbocycles. The van der Waals surface area contributed by atoms with Crippen LogP contribution in [0.15, 0.2) is 30.5 Å². The highest BCUT2D eigenvalue weighted by atomic mass is 19.1. The van der Waals surface area contributed by atoms with Crippen LogP contribution in [0.3, 0.4) is 0 Å². The Labute approximate surface area is 125 Å². The third-order valence-corrected chi connectivity index (χ3v) is 3.04. The highest BCUT2D eigenvalue weighted by Gasteiger charge is 2.09. The van der Waals surface area contributed by atoms with E-state index in [4.69, 9.17) is 4.74 Å². The van der Waals surface area contributed by atoms with Gasteiger partial charge in [-0.25, -0.2) is 9.37 Å². The van der Waals surface area contributed by atoms with Gasteiger partial charge in [0, 0.05) is 12.1 Å². The second kappa shape index (κ2) is 7.18. The van der Waals surface area contributed by atoms with Crippen molar-refractivity contribution in [2.45, 2.75) is 33.7 Å². The molecule has 0 saturated carbocycles. The largest absolute Gasteiger partial charge is 0.439 e. The lowest BCUT2D eigenvalue weighted by Crippen LogP contribution is -2.15. The number of halogens is 1. The zero-order valence-corrected chi connectivity index (χ0v) is 12.7. The first-order valence-corrected chi connectivity index (χ1v) is 7.19. The summed E-state index contributed by atoms with van der Waals surface area (Å²) in [6.45, 7) is 7.53. The number of rotatable bonds is 6. The summed E-state index contributed by atoms with van der Waals surface area (Å²) in [5.74, 6) is 0.824. The molecule has 0 radical (unpaired) electrons. The number of pyridine rings is 1. The van der Waals surface area contributed by atoms with Gasteiger partial charge in [0.2, 0.25) is 5.88 Å². The number of aryl methyl sites for hydroxylation is 2. The number of hydrogen-bond acceptors (Lipinski definition) is 3. The number of aromatic nitrogens is 1. The number of nitrogens with zero attached hydrogens (tertiary/aromatic N) is 1. The number of hydrogen-bond donors (Lipinski definition) is 1. The summed E-state index contributed by atoms with van der Waals surface area (Å²) in [6.07, 6.45) is 2.21. The van der Waals surface area contributed by atoms with Crippen LogP contribution in [0.1, 0.15) is 30.0 Å². The normalized spacial score (nSPS) is 10.7. The molecule has 2 aromatic rings. The molecule has 0 unspecified atom stereocenters. The number of benzene rings is 1. The van der Waals surface area contributed by atoms with Crippen molar-refractivity contribution in [1.29, 1.82) is 0 Å². The Kier molecular flexibility index (Phi) is 5.28. The van der Waals surface area contributed by atoms with Gasteiger partial charge in [-0.3, -0.25) is 0 Å². The topological polar surface area (TPSA) is 34.2 Å². The molecule has 0 aliphatic carbocycles. The van der Waals surface area contributed by atoms with Gasteiger partial charge in [0.25, 0.3) is 0 Å². The third kappa shape index (κ3) is 4.53. The van der Waals surface area contributed by atoms with Gasteiger partial charge in [-0.05, 0) is 56.1 Å². The molecule has 0 aliphatic rings. The van der Waals surface area contributed by atoms with Crippen molar-refractivity contribution in [1.82, 2.24) is 10.3 Å². The van der Waals surface area contributed by atoms with Gasteiger partial charge in [0.1, 0.15) is 11.6 Å². The fraction of sp³-hybridized carbons (Fsp3) is 0.353. The second-order valence-electron chi connectivity index (χ2n) is 5.22. The zero-order valence-electron chi connectivity index (χ0n) is 12.7. The molecule has 21 heavy (non-hydrogen) atoms. The first-order valence-electron chi connectivity index (χ1n) is 7.19. The van der Waals surface area contributed by atoms with Crippen molar-refractivity contribution in [2.75, 3.05) is 6.54 Å². The van der Waals surface area contributed by atoms with Crippen LogP contribution >= 0.6 is 0 Å². The third-order valence-electron chi connectivity index (χ3n) is 3.04. The molecule has 0 saturated heterocycles. The van der Waals surface area contributed by atoms with E-state index in [9.17, 15) is 4.39 Å². The molecule has 112 valence electrons. The first kappa shape index (κ1) is 15.4. The van der Waals surface area contributed by atoms with Crippen LogP contribution in [0.5, 0.6) is 11.6 Å². The molecule has 0 spiro atoms. The minimum Gasteiger partial charge on any atom is -0.439 e. The SMILES string of the molecule is CCCNCc1cc(F)cnc1Oc1cc(C)cc(C)c1. The quantitative estimate of drug-likeness (QED) is 0.812. The Morgan fingerprint density at radius 2 is 1.86 bits per heavy atom. The van der Waals surface area contributed by atoms with Crippen LogP contribution < -0.4 is 10.1 Å². The highest BCUT2D eigenvalue weighted by Crippen LogP contribution is 2.25. The predicted molar refractivity (Wildman–Crippen MR) is 82.2 cm³/mol. The maximum Gasteiger partial charge on any atom is 0.223 e. The molecule has 0 fully saturated rings. The van der Waals surface area contributed by atoms with Gasteiger partial charge >= 0.3 is 0 Å². The van der Waals surface area contributed by atoms with Crippen molar-refractivity contribution in [3.05, 3.63) is 53.0 Å². The van der Waals surface area contributed by atoms with Crippen LogP contribution in [0.4, 0.5) is 4.39 Å².